The molecule has 2 atom stereocenters. The number of hydrogen-bond acceptors (Lipinski definition) is 3. The molecular weight excluding hydrogens is 251 g/mol. The molecule has 0 aliphatic rings. The number of alkyl carbamates (subject to hydrolysis) is 1. The van der Waals surface area contributed by atoms with E-state index in [9.17, 15) is 18.0 Å². The molecule has 0 heterocycles. The lowest BCUT2D eigenvalue weighted by molar-refractivity contribution is -0.208. The van der Waals surface area contributed by atoms with Crippen molar-refractivity contribution in [3.8, 4) is 0 Å². The van der Waals surface area contributed by atoms with Gasteiger partial charge in [0.1, 0.15) is 11.8 Å². The van der Waals surface area contributed by atoms with E-state index >= 15 is 0 Å². The van der Waals surface area contributed by atoms with Gasteiger partial charge >= 0.3 is 12.3 Å². The second kappa shape index (κ2) is 6.26. The Bertz CT molecular complexity index is 274. The van der Waals surface area contributed by atoms with Gasteiger partial charge in [0.05, 0.1) is 5.92 Å². The molecule has 0 aromatic carbocycles. The molecule has 1 amide bonds. The van der Waals surface area contributed by atoms with Crippen LogP contribution in [0.4, 0.5) is 18.0 Å². The fourth-order valence-electron chi connectivity index (χ4n) is 1.36. The molecule has 0 rings (SSSR count). The summed E-state index contributed by atoms with van der Waals surface area (Å²) in [7, 11) is 1.11. The molecule has 0 fully saturated rings. The second-order valence-electron chi connectivity index (χ2n) is 4.86. The van der Waals surface area contributed by atoms with Crippen LogP contribution < -0.4 is 5.32 Å². The number of methoxy groups -OCH3 is 1. The highest BCUT2D eigenvalue weighted by molar-refractivity contribution is 5.67. The number of carbonyl (C=O) groups is 1. The number of rotatable bonds is 4. The van der Waals surface area contributed by atoms with Crippen LogP contribution in [0.2, 0.25) is 0 Å². The Kier molecular flexibility index (Phi) is 5.92. The van der Waals surface area contributed by atoms with Gasteiger partial charge in [-0.25, -0.2) is 4.79 Å². The average Bonchev–Trinajstić information content (AvgIpc) is 2.11. The van der Waals surface area contributed by atoms with Gasteiger partial charge in [-0.15, -0.1) is 0 Å². The molecule has 0 aromatic rings. The van der Waals surface area contributed by atoms with Gasteiger partial charge in [-0.3, -0.25) is 5.32 Å². The number of hydrogen-bond donors (Lipinski definition) is 1. The summed E-state index contributed by atoms with van der Waals surface area (Å²) < 4.78 is 47.6. The number of halogens is 3. The van der Waals surface area contributed by atoms with Gasteiger partial charge in [0.2, 0.25) is 0 Å². The molecule has 1 N–H and O–H groups in total. The van der Waals surface area contributed by atoms with Gasteiger partial charge < -0.3 is 9.47 Å². The Balaban J connectivity index is 4.65. The minimum atomic E-state index is -4.44. The summed E-state index contributed by atoms with van der Waals surface area (Å²) in [5, 5.41) is 2.08. The first kappa shape index (κ1) is 17.0. The van der Waals surface area contributed by atoms with E-state index in [1.54, 1.807) is 20.8 Å². The first-order valence-corrected chi connectivity index (χ1v) is 5.60. The summed E-state index contributed by atoms with van der Waals surface area (Å²) in [5.74, 6) is -1.77. The van der Waals surface area contributed by atoms with E-state index in [1.165, 1.54) is 6.92 Å². The van der Waals surface area contributed by atoms with E-state index in [4.69, 9.17) is 4.74 Å². The van der Waals surface area contributed by atoms with Crippen molar-refractivity contribution in [2.45, 2.75) is 52.1 Å². The van der Waals surface area contributed by atoms with Crippen LogP contribution in [0.5, 0.6) is 0 Å². The van der Waals surface area contributed by atoms with Crippen molar-refractivity contribution in [1.29, 1.82) is 0 Å². The fourth-order valence-corrected chi connectivity index (χ4v) is 1.36. The van der Waals surface area contributed by atoms with Crippen LogP contribution in [0.25, 0.3) is 0 Å². The van der Waals surface area contributed by atoms with Crippen LogP contribution >= 0.6 is 0 Å². The van der Waals surface area contributed by atoms with Crippen molar-refractivity contribution in [1.82, 2.24) is 5.32 Å². The SMILES string of the molecule is CCC(C(NC(=O)OC(C)(C)C)OC)C(F)(F)F. The Morgan fingerprint density at radius 3 is 2.06 bits per heavy atom. The van der Waals surface area contributed by atoms with Crippen molar-refractivity contribution < 1.29 is 27.4 Å². The smallest absolute Gasteiger partial charge is 0.409 e. The lowest BCUT2D eigenvalue weighted by Gasteiger charge is -2.29. The topological polar surface area (TPSA) is 47.6 Å². The lowest BCUT2D eigenvalue weighted by atomic mass is 10.0. The van der Waals surface area contributed by atoms with E-state index in [0.29, 0.717) is 0 Å². The van der Waals surface area contributed by atoms with Crippen molar-refractivity contribution in [3.05, 3.63) is 0 Å². The van der Waals surface area contributed by atoms with Crippen LogP contribution in [0.1, 0.15) is 34.1 Å². The van der Waals surface area contributed by atoms with Crippen molar-refractivity contribution in [2.24, 2.45) is 5.92 Å². The maximum atomic E-state index is 12.7. The standard InChI is InChI=1S/C11H20F3NO3/c1-6-7(11(12,13)14)8(17-5)15-9(16)18-10(2,3)4/h7-8H,6H2,1-5H3,(H,15,16). The molecule has 2 unspecified atom stereocenters. The summed E-state index contributed by atoms with van der Waals surface area (Å²) >= 11 is 0. The largest absolute Gasteiger partial charge is 0.444 e. The Morgan fingerprint density at radius 1 is 1.28 bits per heavy atom. The zero-order valence-electron chi connectivity index (χ0n) is 11.2. The average molecular weight is 271 g/mol. The highest BCUT2D eigenvalue weighted by atomic mass is 19.4. The number of amides is 1. The molecule has 7 heteroatoms. The first-order valence-electron chi connectivity index (χ1n) is 5.60. The summed E-state index contributed by atoms with van der Waals surface area (Å²) in [5.41, 5.74) is -0.775. The molecule has 0 bridgehead atoms. The van der Waals surface area contributed by atoms with Crippen LogP contribution in [-0.2, 0) is 9.47 Å². The zero-order chi connectivity index (χ0) is 14.6. The molecule has 0 saturated carbocycles. The third kappa shape index (κ3) is 6.09. The number of alkyl halides is 3. The van der Waals surface area contributed by atoms with Gasteiger partial charge in [0.25, 0.3) is 0 Å². The van der Waals surface area contributed by atoms with Crippen molar-refractivity contribution in [2.75, 3.05) is 7.11 Å². The highest BCUT2D eigenvalue weighted by Crippen LogP contribution is 2.31. The van der Waals surface area contributed by atoms with Gasteiger partial charge in [0.15, 0.2) is 0 Å². The normalized spacial score (nSPS) is 16.0. The molecule has 0 radical (unpaired) electrons. The lowest BCUT2D eigenvalue weighted by Crippen LogP contribution is -2.48. The van der Waals surface area contributed by atoms with Crippen LogP contribution in [0.15, 0.2) is 0 Å². The predicted molar refractivity (Wildman–Crippen MR) is 60.0 cm³/mol. The molecule has 108 valence electrons. The minimum Gasteiger partial charge on any atom is -0.444 e. The summed E-state index contributed by atoms with van der Waals surface area (Å²) in [6.45, 7) is 6.24. The molecule has 0 aromatic heterocycles. The van der Waals surface area contributed by atoms with Crippen LogP contribution in [-0.4, -0.2) is 31.2 Å². The third-order valence-electron chi connectivity index (χ3n) is 2.14. The second-order valence-corrected chi connectivity index (χ2v) is 4.86. The molecule has 0 aliphatic heterocycles. The van der Waals surface area contributed by atoms with Gasteiger partial charge in [-0.2, -0.15) is 13.2 Å². The van der Waals surface area contributed by atoms with E-state index in [-0.39, 0.29) is 6.42 Å². The number of ether oxygens (including phenoxy) is 2. The van der Waals surface area contributed by atoms with Crippen molar-refractivity contribution in [3.63, 3.8) is 0 Å². The van der Waals surface area contributed by atoms with Crippen molar-refractivity contribution >= 4 is 6.09 Å². The zero-order valence-corrected chi connectivity index (χ0v) is 11.2. The number of nitrogens with one attached hydrogen (secondary N) is 1. The molecule has 4 nitrogen and oxygen atoms in total. The maximum absolute atomic E-state index is 12.7. The first-order chi connectivity index (χ1) is 8.01. The highest BCUT2D eigenvalue weighted by Gasteiger charge is 2.44. The predicted octanol–water partition coefficient (Wildman–Crippen LogP) is 3.07. The Hall–Kier alpha value is -0.980. The van der Waals surface area contributed by atoms with E-state index in [0.717, 1.165) is 7.11 Å². The molecule has 0 aliphatic carbocycles. The number of carbonyl (C=O) groups excluding carboxylic acids is 1. The monoisotopic (exact) mass is 271 g/mol. The van der Waals surface area contributed by atoms with E-state index in [1.807, 2.05) is 0 Å². The quantitative estimate of drug-likeness (QED) is 0.799. The van der Waals surface area contributed by atoms with Gasteiger partial charge in [0, 0.05) is 7.11 Å². The molecular formula is C11H20F3NO3. The van der Waals surface area contributed by atoms with Gasteiger partial charge in [-0.05, 0) is 27.2 Å². The van der Waals surface area contributed by atoms with E-state index < -0.39 is 30.0 Å². The summed E-state index contributed by atoms with van der Waals surface area (Å²) in [4.78, 5) is 11.4. The Labute approximate surface area is 105 Å². The molecule has 0 saturated heterocycles. The minimum absolute atomic E-state index is 0.197. The van der Waals surface area contributed by atoms with E-state index in [2.05, 4.69) is 10.1 Å². The van der Waals surface area contributed by atoms with Gasteiger partial charge in [-0.1, -0.05) is 6.92 Å². The summed E-state index contributed by atoms with van der Waals surface area (Å²) in [6, 6.07) is 0. The van der Waals surface area contributed by atoms with Crippen LogP contribution in [0.3, 0.4) is 0 Å². The maximum Gasteiger partial charge on any atom is 0.409 e. The van der Waals surface area contributed by atoms with Crippen LogP contribution in [0, 0.1) is 5.92 Å². The molecule has 0 spiro atoms. The Morgan fingerprint density at radius 2 is 1.78 bits per heavy atom. The third-order valence-corrected chi connectivity index (χ3v) is 2.14. The fraction of sp³-hybridized carbons (Fsp3) is 0.909. The molecule has 18 heavy (non-hydrogen) atoms. The summed E-state index contributed by atoms with van der Waals surface area (Å²) in [6.07, 6.45) is -7.02.